The monoisotopic (exact) mass is 341 g/mol. The van der Waals surface area contributed by atoms with Gasteiger partial charge in [0.1, 0.15) is 11.6 Å². The number of H-pyrrole nitrogens is 1. The molecule has 8 heteroatoms. The zero-order valence-corrected chi connectivity index (χ0v) is 13.4. The van der Waals surface area contributed by atoms with Gasteiger partial charge in [-0.25, -0.2) is 9.18 Å². The average molecular weight is 341 g/mol. The fourth-order valence-corrected chi connectivity index (χ4v) is 2.21. The lowest BCUT2D eigenvalue weighted by molar-refractivity contribution is 0.251. The number of carbonyl (C=O) groups excluding carboxylic acids is 1. The molecule has 3 aromatic rings. The molecule has 25 heavy (non-hydrogen) atoms. The van der Waals surface area contributed by atoms with Gasteiger partial charge < -0.3 is 10.1 Å². The van der Waals surface area contributed by atoms with E-state index in [-0.39, 0.29) is 6.54 Å². The fourth-order valence-electron chi connectivity index (χ4n) is 2.21. The number of anilines is 1. The molecule has 3 N–H and O–H groups in total. The maximum absolute atomic E-state index is 13.7. The standard InChI is InChI=1S/C17H16FN5O2/c1-25-13-2-3-14(18)12(8-13)10-20-17(24)21-16-9-15(22-23-16)11-4-6-19-7-5-11/h2-9H,10H2,1H3,(H3,20,21,22,23,24). The van der Waals surface area contributed by atoms with Gasteiger partial charge in [-0.3, -0.25) is 15.4 Å². The van der Waals surface area contributed by atoms with Crippen LogP contribution in [0, 0.1) is 5.82 Å². The van der Waals surface area contributed by atoms with Crippen molar-refractivity contribution >= 4 is 11.8 Å². The number of rotatable bonds is 5. The number of nitrogens with one attached hydrogen (secondary N) is 3. The number of ether oxygens (including phenoxy) is 1. The molecule has 0 atom stereocenters. The molecule has 2 amide bonds. The van der Waals surface area contributed by atoms with E-state index in [2.05, 4.69) is 25.8 Å². The molecular formula is C17H16FN5O2. The molecule has 0 saturated heterocycles. The van der Waals surface area contributed by atoms with Crippen LogP contribution < -0.4 is 15.4 Å². The highest BCUT2D eigenvalue weighted by atomic mass is 19.1. The Morgan fingerprint density at radius 3 is 2.80 bits per heavy atom. The molecule has 0 aliphatic heterocycles. The Hall–Kier alpha value is -3.42. The van der Waals surface area contributed by atoms with Gasteiger partial charge in [-0.15, -0.1) is 0 Å². The first-order valence-corrected chi connectivity index (χ1v) is 7.49. The number of halogens is 1. The summed E-state index contributed by atoms with van der Waals surface area (Å²) in [5.41, 5.74) is 1.97. The molecule has 0 fully saturated rings. The summed E-state index contributed by atoms with van der Waals surface area (Å²) in [6.45, 7) is 0.0243. The largest absolute Gasteiger partial charge is 0.497 e. The minimum Gasteiger partial charge on any atom is -0.497 e. The van der Waals surface area contributed by atoms with Crippen molar-refractivity contribution in [2.75, 3.05) is 12.4 Å². The van der Waals surface area contributed by atoms with Crippen LogP contribution in [0.1, 0.15) is 5.56 Å². The third-order valence-electron chi connectivity index (χ3n) is 3.50. The van der Waals surface area contributed by atoms with E-state index in [9.17, 15) is 9.18 Å². The second-order valence-corrected chi connectivity index (χ2v) is 5.17. The Kier molecular flexibility index (Phi) is 4.89. The minimum atomic E-state index is -0.491. The van der Waals surface area contributed by atoms with Crippen LogP contribution in [0.2, 0.25) is 0 Å². The highest BCUT2D eigenvalue weighted by Gasteiger charge is 2.09. The summed E-state index contributed by atoms with van der Waals surface area (Å²) in [4.78, 5) is 15.9. The number of aromatic nitrogens is 3. The Morgan fingerprint density at radius 1 is 1.24 bits per heavy atom. The first kappa shape index (κ1) is 16.4. The number of aromatic amines is 1. The Morgan fingerprint density at radius 2 is 2.04 bits per heavy atom. The van der Waals surface area contributed by atoms with Crippen LogP contribution in [0.15, 0.2) is 48.8 Å². The molecular weight excluding hydrogens is 325 g/mol. The molecule has 3 rings (SSSR count). The topological polar surface area (TPSA) is 91.9 Å². The summed E-state index contributed by atoms with van der Waals surface area (Å²) < 4.78 is 18.8. The van der Waals surface area contributed by atoms with E-state index in [0.29, 0.717) is 17.1 Å². The lowest BCUT2D eigenvalue weighted by Crippen LogP contribution is -2.28. The van der Waals surface area contributed by atoms with Gasteiger partial charge in [0, 0.05) is 36.1 Å². The van der Waals surface area contributed by atoms with Gasteiger partial charge in [0.25, 0.3) is 0 Å². The second kappa shape index (κ2) is 7.43. The number of hydrogen-bond donors (Lipinski definition) is 3. The predicted octanol–water partition coefficient (Wildman–Crippen LogP) is 2.94. The number of benzene rings is 1. The van der Waals surface area contributed by atoms with Gasteiger partial charge in [0.15, 0.2) is 5.82 Å². The summed E-state index contributed by atoms with van der Waals surface area (Å²) in [6, 6.07) is 9.19. The summed E-state index contributed by atoms with van der Waals surface area (Å²) in [6.07, 6.45) is 3.33. The number of nitrogens with zero attached hydrogens (tertiary/aromatic N) is 2. The molecule has 1 aromatic carbocycles. The smallest absolute Gasteiger partial charge is 0.320 e. The number of carbonyl (C=O) groups is 1. The maximum Gasteiger partial charge on any atom is 0.320 e. The van der Waals surface area contributed by atoms with Crippen LogP contribution in [0.5, 0.6) is 5.75 Å². The molecule has 0 spiro atoms. The maximum atomic E-state index is 13.7. The number of methoxy groups -OCH3 is 1. The van der Waals surface area contributed by atoms with Crippen molar-refractivity contribution in [2.24, 2.45) is 0 Å². The summed E-state index contributed by atoms with van der Waals surface area (Å²) in [5, 5.41) is 12.0. The van der Waals surface area contributed by atoms with Crippen molar-refractivity contribution in [3.8, 4) is 17.0 Å². The van der Waals surface area contributed by atoms with E-state index in [1.165, 1.54) is 25.3 Å². The van der Waals surface area contributed by atoms with Crippen molar-refractivity contribution < 1.29 is 13.9 Å². The molecule has 0 unspecified atom stereocenters. The summed E-state index contributed by atoms with van der Waals surface area (Å²) >= 11 is 0. The fraction of sp³-hybridized carbons (Fsp3) is 0.118. The van der Waals surface area contributed by atoms with Gasteiger partial charge in [0.05, 0.1) is 12.8 Å². The molecule has 0 saturated carbocycles. The van der Waals surface area contributed by atoms with Gasteiger partial charge in [-0.1, -0.05) is 0 Å². The van der Waals surface area contributed by atoms with E-state index in [1.54, 1.807) is 18.5 Å². The van der Waals surface area contributed by atoms with E-state index < -0.39 is 11.8 Å². The minimum absolute atomic E-state index is 0.0243. The average Bonchev–Trinajstić information content (AvgIpc) is 3.10. The molecule has 2 aromatic heterocycles. The molecule has 0 radical (unpaired) electrons. The molecule has 0 aliphatic rings. The van der Waals surface area contributed by atoms with Crippen LogP contribution in [-0.4, -0.2) is 28.3 Å². The number of urea groups is 1. The molecule has 2 heterocycles. The Labute approximate surface area is 143 Å². The lowest BCUT2D eigenvalue weighted by Gasteiger charge is -2.08. The van der Waals surface area contributed by atoms with Crippen molar-refractivity contribution in [2.45, 2.75) is 6.54 Å². The van der Waals surface area contributed by atoms with Crippen LogP contribution in [-0.2, 0) is 6.54 Å². The SMILES string of the molecule is COc1ccc(F)c(CNC(=O)Nc2cc(-c3ccncc3)[nH]n2)c1. The first-order chi connectivity index (χ1) is 12.2. The zero-order valence-electron chi connectivity index (χ0n) is 13.4. The molecule has 128 valence electrons. The summed E-state index contributed by atoms with van der Waals surface area (Å²) in [5.74, 6) is 0.462. The van der Waals surface area contributed by atoms with Crippen LogP contribution in [0.3, 0.4) is 0 Å². The first-order valence-electron chi connectivity index (χ1n) is 7.49. The van der Waals surface area contributed by atoms with E-state index in [0.717, 1.165) is 11.3 Å². The van der Waals surface area contributed by atoms with Crippen LogP contribution >= 0.6 is 0 Å². The van der Waals surface area contributed by atoms with Crippen molar-refractivity contribution in [1.82, 2.24) is 20.5 Å². The summed E-state index contributed by atoms with van der Waals surface area (Å²) in [7, 11) is 1.50. The van der Waals surface area contributed by atoms with E-state index in [1.807, 2.05) is 12.1 Å². The van der Waals surface area contributed by atoms with E-state index in [4.69, 9.17) is 4.74 Å². The third kappa shape index (κ3) is 4.11. The van der Waals surface area contributed by atoms with Crippen molar-refractivity contribution in [3.05, 3.63) is 60.2 Å². The highest BCUT2D eigenvalue weighted by Crippen LogP contribution is 2.19. The number of pyridine rings is 1. The highest BCUT2D eigenvalue weighted by molar-refractivity contribution is 5.88. The normalized spacial score (nSPS) is 10.3. The predicted molar refractivity (Wildman–Crippen MR) is 90.6 cm³/mol. The van der Waals surface area contributed by atoms with Gasteiger partial charge in [-0.05, 0) is 30.3 Å². The van der Waals surface area contributed by atoms with Gasteiger partial charge in [0.2, 0.25) is 0 Å². The zero-order chi connectivity index (χ0) is 17.6. The van der Waals surface area contributed by atoms with Gasteiger partial charge in [-0.2, -0.15) is 5.10 Å². The second-order valence-electron chi connectivity index (χ2n) is 5.17. The Balaban J connectivity index is 1.59. The lowest BCUT2D eigenvalue weighted by atomic mass is 10.2. The molecule has 0 bridgehead atoms. The van der Waals surface area contributed by atoms with Crippen LogP contribution in [0.25, 0.3) is 11.3 Å². The van der Waals surface area contributed by atoms with E-state index >= 15 is 0 Å². The molecule has 7 nitrogen and oxygen atoms in total. The van der Waals surface area contributed by atoms with Crippen molar-refractivity contribution in [1.29, 1.82) is 0 Å². The van der Waals surface area contributed by atoms with Gasteiger partial charge >= 0.3 is 6.03 Å². The number of amides is 2. The number of hydrogen-bond acceptors (Lipinski definition) is 4. The quantitative estimate of drug-likeness (QED) is 0.665. The molecule has 0 aliphatic carbocycles. The van der Waals surface area contributed by atoms with Crippen LogP contribution in [0.4, 0.5) is 15.0 Å². The Bertz CT molecular complexity index is 866. The third-order valence-corrected chi connectivity index (χ3v) is 3.50. The van der Waals surface area contributed by atoms with Crippen molar-refractivity contribution in [3.63, 3.8) is 0 Å².